The number of carbonyl (C=O) groups excluding carboxylic acids is 1. The van der Waals surface area contributed by atoms with Crippen LogP contribution in [0.2, 0.25) is 0 Å². The van der Waals surface area contributed by atoms with Crippen LogP contribution in [0.25, 0.3) is 0 Å². The molecule has 2 heterocycles. The van der Waals surface area contributed by atoms with Crippen LogP contribution in [0.15, 0.2) is 64.2 Å². The SMILES string of the molecule is Cn1c(=O)cc(N2CCN(CCCOc3ccc([N+](=O)[O-])cc3C(=O)c3ccccc3)CC2)[nH]c1=O. The second kappa shape index (κ2) is 11.0. The molecule has 0 bridgehead atoms. The molecule has 11 nitrogen and oxygen atoms in total. The van der Waals surface area contributed by atoms with Crippen molar-refractivity contribution in [2.45, 2.75) is 6.42 Å². The van der Waals surface area contributed by atoms with Gasteiger partial charge in [-0.1, -0.05) is 30.3 Å². The molecule has 0 amide bonds. The first-order valence-electron chi connectivity index (χ1n) is 11.6. The molecule has 1 aromatic heterocycles. The number of hydrogen-bond donors (Lipinski definition) is 1. The molecule has 0 unspecified atom stereocenters. The summed E-state index contributed by atoms with van der Waals surface area (Å²) in [5.74, 6) is 0.507. The number of aromatic nitrogens is 2. The molecule has 4 rings (SSSR count). The number of ether oxygens (including phenoxy) is 1. The zero-order valence-corrected chi connectivity index (χ0v) is 19.9. The lowest BCUT2D eigenvalue weighted by Crippen LogP contribution is -2.48. The number of nitro groups is 1. The van der Waals surface area contributed by atoms with Gasteiger partial charge in [0.15, 0.2) is 5.78 Å². The third-order valence-corrected chi connectivity index (χ3v) is 6.17. The summed E-state index contributed by atoms with van der Waals surface area (Å²) in [6, 6.07) is 14.1. The number of H-pyrrole nitrogens is 1. The lowest BCUT2D eigenvalue weighted by atomic mass is 10.0. The van der Waals surface area contributed by atoms with E-state index in [0.717, 1.165) is 24.2 Å². The molecule has 36 heavy (non-hydrogen) atoms. The average Bonchev–Trinajstić information content (AvgIpc) is 2.90. The standard InChI is InChI=1S/C25H27N5O6/c1-27-23(31)17-22(26-25(27)33)29-13-11-28(12-14-29)10-5-15-36-21-9-8-19(30(34)35)16-20(21)24(32)18-6-3-2-4-7-18/h2-4,6-9,16-17H,5,10-15H2,1H3,(H,26,33). The molecule has 1 aliphatic rings. The van der Waals surface area contributed by atoms with Crippen LogP contribution in [0.3, 0.4) is 0 Å². The molecular weight excluding hydrogens is 466 g/mol. The Hall–Kier alpha value is -4.25. The van der Waals surface area contributed by atoms with Gasteiger partial charge in [0.2, 0.25) is 0 Å². The quantitative estimate of drug-likeness (QED) is 0.207. The van der Waals surface area contributed by atoms with Crippen LogP contribution < -0.4 is 20.9 Å². The Bertz CT molecular complexity index is 1330. The van der Waals surface area contributed by atoms with Crippen molar-refractivity contribution in [1.29, 1.82) is 0 Å². The van der Waals surface area contributed by atoms with Crippen LogP contribution in [0.5, 0.6) is 5.75 Å². The maximum absolute atomic E-state index is 13.0. The Labute approximate surface area is 206 Å². The van der Waals surface area contributed by atoms with Gasteiger partial charge in [-0.25, -0.2) is 4.79 Å². The van der Waals surface area contributed by atoms with Crippen LogP contribution in [-0.2, 0) is 7.05 Å². The molecule has 2 aromatic carbocycles. The van der Waals surface area contributed by atoms with Crippen molar-refractivity contribution in [1.82, 2.24) is 14.5 Å². The normalized spacial score (nSPS) is 14.0. The van der Waals surface area contributed by atoms with E-state index in [9.17, 15) is 24.5 Å². The molecule has 0 spiro atoms. The maximum atomic E-state index is 13.0. The molecule has 11 heteroatoms. The van der Waals surface area contributed by atoms with Gasteiger partial charge in [0.1, 0.15) is 11.6 Å². The van der Waals surface area contributed by atoms with E-state index in [4.69, 9.17) is 4.74 Å². The second-order valence-electron chi connectivity index (χ2n) is 8.52. The summed E-state index contributed by atoms with van der Waals surface area (Å²) < 4.78 is 6.91. The Balaban J connectivity index is 1.32. The Morgan fingerprint density at radius 3 is 2.44 bits per heavy atom. The number of piperazine rings is 1. The van der Waals surface area contributed by atoms with Gasteiger partial charge >= 0.3 is 5.69 Å². The minimum atomic E-state index is -0.534. The van der Waals surface area contributed by atoms with Gasteiger partial charge in [0, 0.05) is 63.5 Å². The van der Waals surface area contributed by atoms with Crippen LogP contribution in [-0.4, -0.2) is 64.5 Å². The molecule has 188 valence electrons. The number of ketones is 1. The number of nitrogens with zero attached hydrogens (tertiary/aromatic N) is 4. The van der Waals surface area contributed by atoms with Crippen molar-refractivity contribution >= 4 is 17.3 Å². The third kappa shape index (κ3) is 5.69. The first-order chi connectivity index (χ1) is 17.3. The van der Waals surface area contributed by atoms with E-state index in [1.54, 1.807) is 30.3 Å². The fraction of sp³-hybridized carbons (Fsp3) is 0.320. The highest BCUT2D eigenvalue weighted by molar-refractivity contribution is 6.11. The molecule has 1 saturated heterocycles. The number of rotatable bonds is 9. The monoisotopic (exact) mass is 493 g/mol. The van der Waals surface area contributed by atoms with Gasteiger partial charge in [-0.2, -0.15) is 0 Å². The summed E-state index contributed by atoms with van der Waals surface area (Å²) in [6.07, 6.45) is 0.693. The highest BCUT2D eigenvalue weighted by Gasteiger charge is 2.21. The molecule has 0 atom stereocenters. The summed E-state index contributed by atoms with van der Waals surface area (Å²) in [7, 11) is 1.43. The molecule has 3 aromatic rings. The largest absolute Gasteiger partial charge is 0.493 e. The Morgan fingerprint density at radius 2 is 1.78 bits per heavy atom. The molecule has 1 N–H and O–H groups in total. The number of hydrogen-bond acceptors (Lipinski definition) is 8. The number of non-ortho nitro benzene ring substituents is 1. The van der Waals surface area contributed by atoms with Crippen molar-refractivity contribution < 1.29 is 14.5 Å². The summed E-state index contributed by atoms with van der Waals surface area (Å²) in [4.78, 5) is 54.4. The van der Waals surface area contributed by atoms with Gasteiger partial charge in [-0.15, -0.1) is 0 Å². The van der Waals surface area contributed by atoms with Crippen LogP contribution in [0.1, 0.15) is 22.3 Å². The first kappa shape index (κ1) is 24.9. The lowest BCUT2D eigenvalue weighted by Gasteiger charge is -2.35. The number of anilines is 1. The van der Waals surface area contributed by atoms with Gasteiger partial charge in [-0.3, -0.25) is 34.2 Å². The zero-order valence-electron chi connectivity index (χ0n) is 19.9. The highest BCUT2D eigenvalue weighted by Crippen LogP contribution is 2.27. The van der Waals surface area contributed by atoms with E-state index in [0.29, 0.717) is 43.2 Å². The lowest BCUT2D eigenvalue weighted by molar-refractivity contribution is -0.384. The topological polar surface area (TPSA) is 131 Å². The molecule has 0 radical (unpaired) electrons. The van der Waals surface area contributed by atoms with Gasteiger partial charge < -0.3 is 9.64 Å². The third-order valence-electron chi connectivity index (χ3n) is 6.17. The number of nitrogens with one attached hydrogen (secondary N) is 1. The van der Waals surface area contributed by atoms with Gasteiger partial charge in [-0.05, 0) is 12.5 Å². The fourth-order valence-electron chi connectivity index (χ4n) is 4.08. The Morgan fingerprint density at radius 1 is 1.06 bits per heavy atom. The molecule has 0 aliphatic carbocycles. The fourth-order valence-corrected chi connectivity index (χ4v) is 4.08. The van der Waals surface area contributed by atoms with Crippen molar-refractivity contribution in [3.63, 3.8) is 0 Å². The smallest absolute Gasteiger partial charge is 0.329 e. The van der Waals surface area contributed by atoms with Gasteiger partial charge in [0.05, 0.1) is 17.1 Å². The average molecular weight is 494 g/mol. The summed E-state index contributed by atoms with van der Waals surface area (Å²) in [6.45, 7) is 3.95. The highest BCUT2D eigenvalue weighted by atomic mass is 16.6. The van der Waals surface area contributed by atoms with E-state index in [1.807, 2.05) is 4.90 Å². The van der Waals surface area contributed by atoms with Crippen molar-refractivity contribution in [2.24, 2.45) is 7.05 Å². The van der Waals surface area contributed by atoms with Crippen molar-refractivity contribution in [3.8, 4) is 5.75 Å². The van der Waals surface area contributed by atoms with E-state index >= 15 is 0 Å². The first-order valence-corrected chi connectivity index (χ1v) is 11.6. The number of aromatic amines is 1. The summed E-state index contributed by atoms with van der Waals surface area (Å²) in [5, 5.41) is 11.2. The van der Waals surface area contributed by atoms with E-state index < -0.39 is 10.6 Å². The second-order valence-corrected chi connectivity index (χ2v) is 8.52. The van der Waals surface area contributed by atoms with Crippen molar-refractivity contribution in [3.05, 3.63) is 96.7 Å². The zero-order chi connectivity index (χ0) is 25.7. The van der Waals surface area contributed by atoms with Crippen molar-refractivity contribution in [2.75, 3.05) is 44.2 Å². The van der Waals surface area contributed by atoms with E-state index in [1.165, 1.54) is 31.3 Å². The minimum absolute atomic E-state index is 0.159. The van der Waals surface area contributed by atoms with Gasteiger partial charge in [0.25, 0.3) is 11.2 Å². The predicted molar refractivity (Wildman–Crippen MR) is 134 cm³/mol. The van der Waals surface area contributed by atoms with Crippen LogP contribution >= 0.6 is 0 Å². The van der Waals surface area contributed by atoms with E-state index in [2.05, 4.69) is 9.88 Å². The molecule has 0 saturated carbocycles. The molecule has 1 aliphatic heterocycles. The maximum Gasteiger partial charge on any atom is 0.329 e. The van der Waals surface area contributed by atoms with E-state index in [-0.39, 0.29) is 22.6 Å². The summed E-state index contributed by atoms with van der Waals surface area (Å²) in [5.41, 5.74) is -0.361. The Kier molecular flexibility index (Phi) is 7.59. The van der Waals surface area contributed by atoms with Crippen LogP contribution in [0.4, 0.5) is 11.5 Å². The summed E-state index contributed by atoms with van der Waals surface area (Å²) >= 11 is 0. The van der Waals surface area contributed by atoms with Crippen LogP contribution in [0, 0.1) is 10.1 Å². The number of benzene rings is 2. The molecular formula is C25H27N5O6. The predicted octanol–water partition coefficient (Wildman–Crippen LogP) is 1.80. The minimum Gasteiger partial charge on any atom is -0.493 e. The number of carbonyl (C=O) groups is 1. The number of nitro benzene ring substituents is 1. The molecule has 1 fully saturated rings.